The molecule has 6 aliphatic heterocycles. The van der Waals surface area contributed by atoms with Crippen LogP contribution in [0, 0.1) is 0 Å². The molecule has 21 atom stereocenters. The van der Waals surface area contributed by atoms with Crippen molar-refractivity contribution in [1.82, 2.24) is 16.0 Å². The van der Waals surface area contributed by atoms with Gasteiger partial charge in [0.15, 0.2) is 43.8 Å². The fraction of sp³-hybridized carbons (Fsp3) is 0.494. The summed E-state index contributed by atoms with van der Waals surface area (Å²) >= 11 is 0. The number of carbonyl (C=O) groups excluding carboxylic acids is 5. The SMILES string of the molecule is COC(=O)CCCCCO[C@H]1O[C@H](C)[C@@H](NC(=O)[C@H]2CCO[C@@H](c3ccccc3)O2)[C@H](OCc2ccccc2)[C@@H]1O[C@H]1O[C@H](C)[C@@H](NC(=O)[C@H]2CCO[C@@H](c3ccccc3)O2)[C@H](OCc2ccccc2)[C@@H]1O[C@H]1O[C@H](C)[C@@H](NC(=O)[C@H]2CCO[C@@H](c3ccccc3)O2)[C@H](OCc2ccccc2)[C@@H]1OC(C)=O. The predicted octanol–water partition coefficient (Wildman–Crippen LogP) is 9.40. The quantitative estimate of drug-likeness (QED) is 0.0280. The van der Waals surface area contributed by atoms with Crippen LogP contribution in [0.4, 0.5) is 0 Å². The number of rotatable bonds is 30. The van der Waals surface area contributed by atoms with Gasteiger partial charge in [-0.15, -0.1) is 0 Å². The monoisotopic (exact) mass is 1460 g/mol. The third kappa shape index (κ3) is 20.9. The minimum Gasteiger partial charge on any atom is -0.469 e. The second-order valence-electron chi connectivity index (χ2n) is 27.1. The van der Waals surface area contributed by atoms with E-state index in [0.717, 1.165) is 33.4 Å². The molecule has 6 aromatic rings. The van der Waals surface area contributed by atoms with Crippen molar-refractivity contribution < 1.29 is 104 Å². The number of amides is 3. The van der Waals surface area contributed by atoms with Crippen LogP contribution in [-0.4, -0.2) is 173 Å². The first kappa shape index (κ1) is 77.7. The van der Waals surface area contributed by atoms with Gasteiger partial charge < -0.3 is 96.5 Å². The molecular weight excluding hydrogens is 1370 g/mol. The highest BCUT2D eigenvalue weighted by molar-refractivity contribution is 5.82. The molecular formula is C81H97N3O22. The van der Waals surface area contributed by atoms with Crippen molar-refractivity contribution in [2.24, 2.45) is 0 Å². The summed E-state index contributed by atoms with van der Waals surface area (Å²) in [5, 5.41) is 9.68. The van der Waals surface area contributed by atoms with Gasteiger partial charge in [-0.1, -0.05) is 188 Å². The molecule has 3 amide bonds. The van der Waals surface area contributed by atoms with Gasteiger partial charge in [-0.05, 0) is 50.3 Å². The van der Waals surface area contributed by atoms with Gasteiger partial charge >= 0.3 is 11.9 Å². The smallest absolute Gasteiger partial charge is 0.305 e. The van der Waals surface area contributed by atoms with Crippen LogP contribution in [0.25, 0.3) is 0 Å². The minimum atomic E-state index is -1.59. The second-order valence-corrected chi connectivity index (χ2v) is 27.1. The molecule has 0 unspecified atom stereocenters. The number of hydrogen-bond donors (Lipinski definition) is 3. The molecule has 0 radical (unpaired) electrons. The molecule has 25 nitrogen and oxygen atoms in total. The molecule has 12 rings (SSSR count). The van der Waals surface area contributed by atoms with Crippen LogP contribution >= 0.6 is 0 Å². The topological polar surface area (TPSA) is 278 Å². The maximum atomic E-state index is 15.2. The largest absolute Gasteiger partial charge is 0.469 e. The lowest BCUT2D eigenvalue weighted by Crippen LogP contribution is -2.71. The molecule has 0 aliphatic carbocycles. The van der Waals surface area contributed by atoms with E-state index in [1.165, 1.54) is 14.0 Å². The molecule has 6 heterocycles. The van der Waals surface area contributed by atoms with E-state index in [9.17, 15) is 14.4 Å². The molecule has 6 aromatic carbocycles. The molecule has 6 fully saturated rings. The zero-order valence-corrected chi connectivity index (χ0v) is 60.3. The van der Waals surface area contributed by atoms with Crippen LogP contribution in [0.2, 0.25) is 0 Å². The molecule has 568 valence electrons. The van der Waals surface area contributed by atoms with E-state index in [2.05, 4.69) is 16.0 Å². The van der Waals surface area contributed by atoms with Crippen LogP contribution in [0.15, 0.2) is 182 Å². The highest BCUT2D eigenvalue weighted by Gasteiger charge is 2.57. The summed E-state index contributed by atoms with van der Waals surface area (Å²) < 4.78 is 113. The van der Waals surface area contributed by atoms with Gasteiger partial charge in [0, 0.05) is 55.9 Å². The van der Waals surface area contributed by atoms with Gasteiger partial charge in [0.1, 0.15) is 48.8 Å². The Morgan fingerprint density at radius 2 is 0.717 bits per heavy atom. The molecule has 25 heteroatoms. The lowest BCUT2D eigenvalue weighted by Gasteiger charge is -2.52. The summed E-state index contributed by atoms with van der Waals surface area (Å²) in [6.07, 6.45) is -18.1. The number of benzene rings is 6. The van der Waals surface area contributed by atoms with E-state index < -0.39 is 153 Å². The average Bonchev–Trinajstić information content (AvgIpc) is 0.762. The third-order valence-corrected chi connectivity index (χ3v) is 19.5. The first-order valence-corrected chi connectivity index (χ1v) is 36.7. The highest BCUT2D eigenvalue weighted by Crippen LogP contribution is 2.39. The number of hydrogen-bond acceptors (Lipinski definition) is 22. The van der Waals surface area contributed by atoms with Crippen LogP contribution in [0.3, 0.4) is 0 Å². The van der Waals surface area contributed by atoms with E-state index in [-0.39, 0.29) is 77.9 Å². The molecule has 3 N–H and O–H groups in total. The van der Waals surface area contributed by atoms with Gasteiger partial charge in [-0.2, -0.15) is 0 Å². The van der Waals surface area contributed by atoms with E-state index >= 15 is 9.59 Å². The standard InChI is InChI=1S/C81H97N3O22/c1-50-64(82-73(87)60-40-44-92-76(102-60)57-33-19-9-20-34-57)67(95-47-54-27-13-6-14-28-54)70(79(98-50)91-43-26-12-25-39-63(86)90-5)105-81-72(69(97-49-56-31-17-8-18-32-56)66(52(3)100-81)84-75(89)62-42-46-94-78(104-62)59-37-23-11-24-38-59)106-80-71(101-53(4)85)68(96-48-55-29-15-7-16-30-55)65(51(2)99-80)83-74(88)61-41-45-93-77(103-61)58-35-21-10-22-36-58/h6-11,13-24,27-38,50-52,60-62,64-72,76-81H,12,25-26,39-49H2,1-5H3,(H,82,87)(H,83,88)(H,84,89)/t50-,51-,52-,60-,61-,62-,64-,65-,66-,67+,68+,69+,70+,71+,72+,76-,77-,78-,79+,80-,81-/m1/s1. The summed E-state index contributed by atoms with van der Waals surface area (Å²) in [4.78, 5) is 71.1. The fourth-order valence-corrected chi connectivity index (χ4v) is 13.9. The van der Waals surface area contributed by atoms with Crippen molar-refractivity contribution in [3.05, 3.63) is 215 Å². The second kappa shape index (κ2) is 38.7. The normalized spacial score (nSPS) is 31.1. The summed E-state index contributed by atoms with van der Waals surface area (Å²) in [5.41, 5.74) is 4.51. The Hall–Kier alpha value is -7.93. The maximum Gasteiger partial charge on any atom is 0.305 e. The van der Waals surface area contributed by atoms with Crippen LogP contribution in [0.1, 0.15) is 125 Å². The number of carbonyl (C=O) groups is 5. The number of methoxy groups -OCH3 is 1. The Labute approximate surface area is 617 Å². The fourth-order valence-electron chi connectivity index (χ4n) is 13.9. The Kier molecular flexibility index (Phi) is 28.4. The highest BCUT2D eigenvalue weighted by atomic mass is 16.8. The van der Waals surface area contributed by atoms with Crippen molar-refractivity contribution in [3.63, 3.8) is 0 Å². The zero-order chi connectivity index (χ0) is 73.7. The summed E-state index contributed by atoms with van der Waals surface area (Å²) in [6, 6.07) is 53.2. The molecule has 106 heavy (non-hydrogen) atoms. The molecule has 0 spiro atoms. The Bertz CT molecular complexity index is 3690. The number of nitrogens with one attached hydrogen (secondary N) is 3. The van der Waals surface area contributed by atoms with Crippen LogP contribution in [-0.2, 0) is 124 Å². The predicted molar refractivity (Wildman–Crippen MR) is 379 cm³/mol. The van der Waals surface area contributed by atoms with Gasteiger partial charge in [-0.25, -0.2) is 0 Å². The van der Waals surface area contributed by atoms with Crippen molar-refractivity contribution >= 4 is 29.7 Å². The van der Waals surface area contributed by atoms with E-state index in [0.29, 0.717) is 19.3 Å². The number of esters is 2. The van der Waals surface area contributed by atoms with Crippen molar-refractivity contribution in [3.8, 4) is 0 Å². The van der Waals surface area contributed by atoms with Crippen molar-refractivity contribution in [2.75, 3.05) is 33.5 Å². The number of unbranched alkanes of at least 4 members (excludes halogenated alkanes) is 2. The van der Waals surface area contributed by atoms with Crippen LogP contribution < -0.4 is 16.0 Å². The third-order valence-electron chi connectivity index (χ3n) is 19.5. The molecule has 6 aliphatic rings. The molecule has 0 bridgehead atoms. The Morgan fingerprint density at radius 1 is 0.387 bits per heavy atom. The van der Waals surface area contributed by atoms with Gasteiger partial charge in [-0.3, -0.25) is 24.0 Å². The summed E-state index contributed by atoms with van der Waals surface area (Å²) in [5.74, 6) is -2.53. The maximum absolute atomic E-state index is 15.2. The first-order chi connectivity index (χ1) is 51.7. The van der Waals surface area contributed by atoms with E-state index in [1.54, 1.807) is 20.8 Å². The minimum absolute atomic E-state index is 0.0148. The first-order valence-electron chi connectivity index (χ1n) is 36.7. The zero-order valence-electron chi connectivity index (χ0n) is 60.3. The Balaban J connectivity index is 0.932. The van der Waals surface area contributed by atoms with Gasteiger partial charge in [0.2, 0.25) is 17.7 Å². The molecule has 0 aromatic heterocycles. The lowest BCUT2D eigenvalue weighted by molar-refractivity contribution is -0.380. The van der Waals surface area contributed by atoms with Crippen molar-refractivity contribution in [2.45, 2.75) is 222 Å². The molecule has 0 saturated carbocycles. The van der Waals surface area contributed by atoms with Gasteiger partial charge in [0.05, 0.1) is 83.2 Å². The Morgan fingerprint density at radius 3 is 1.08 bits per heavy atom. The van der Waals surface area contributed by atoms with E-state index in [4.69, 9.17) is 80.5 Å². The van der Waals surface area contributed by atoms with Crippen molar-refractivity contribution in [1.29, 1.82) is 0 Å². The summed E-state index contributed by atoms with van der Waals surface area (Å²) in [6.45, 7) is 7.28. The number of ether oxygens (including phenoxy) is 17. The average molecular weight is 1460 g/mol. The van der Waals surface area contributed by atoms with Gasteiger partial charge in [0.25, 0.3) is 0 Å². The molecule has 6 saturated heterocycles. The van der Waals surface area contributed by atoms with Crippen LogP contribution in [0.5, 0.6) is 0 Å². The van der Waals surface area contributed by atoms with E-state index in [1.807, 2.05) is 182 Å². The summed E-state index contributed by atoms with van der Waals surface area (Å²) in [7, 11) is 1.35. The lowest BCUT2D eigenvalue weighted by atomic mass is 9.93.